The van der Waals surface area contributed by atoms with Crippen LogP contribution in [0.5, 0.6) is 11.5 Å². The van der Waals surface area contributed by atoms with Gasteiger partial charge in [-0.3, -0.25) is 4.72 Å². The Bertz CT molecular complexity index is 1300. The van der Waals surface area contributed by atoms with Gasteiger partial charge in [-0.15, -0.1) is 0 Å². The molecule has 0 unspecified atom stereocenters. The number of carboxylic acid groups (broad SMARTS) is 1. The summed E-state index contributed by atoms with van der Waals surface area (Å²) in [5.41, 5.74) is -0.401. The third-order valence-electron chi connectivity index (χ3n) is 4.07. The number of rotatable bonds is 8. The molecule has 162 valence electrons. The zero-order valence-electron chi connectivity index (χ0n) is 16.0. The first kappa shape index (κ1) is 22.1. The molecule has 0 heterocycles. The number of nitrogens with one attached hydrogen (secondary N) is 1. The number of aromatic carboxylic acids is 1. The number of anilines is 1. The summed E-state index contributed by atoms with van der Waals surface area (Å²) >= 11 is 0. The fraction of sp³-hybridized carbons (Fsp3) is 0.0500. The molecule has 9 nitrogen and oxygen atoms in total. The largest absolute Gasteiger partial charge is 0.497 e. The van der Waals surface area contributed by atoms with Crippen molar-refractivity contribution >= 4 is 31.8 Å². The van der Waals surface area contributed by atoms with Crippen LogP contribution in [0, 0.1) is 0 Å². The number of benzene rings is 3. The van der Waals surface area contributed by atoms with Gasteiger partial charge in [0.2, 0.25) is 0 Å². The minimum atomic E-state index is -4.31. The van der Waals surface area contributed by atoms with Crippen LogP contribution < -0.4 is 13.6 Å². The lowest BCUT2D eigenvalue weighted by Gasteiger charge is -2.12. The van der Waals surface area contributed by atoms with Crippen molar-refractivity contribution in [3.63, 3.8) is 0 Å². The van der Waals surface area contributed by atoms with Crippen LogP contribution in [0.3, 0.4) is 0 Å². The Morgan fingerprint density at radius 3 is 2.10 bits per heavy atom. The molecule has 0 saturated heterocycles. The van der Waals surface area contributed by atoms with Crippen LogP contribution in [-0.4, -0.2) is 35.0 Å². The van der Waals surface area contributed by atoms with Crippen molar-refractivity contribution in [2.45, 2.75) is 9.79 Å². The first-order chi connectivity index (χ1) is 14.6. The number of ether oxygens (including phenoxy) is 1. The fourth-order valence-corrected chi connectivity index (χ4v) is 4.60. The van der Waals surface area contributed by atoms with Gasteiger partial charge in [-0.2, -0.15) is 8.42 Å². The quantitative estimate of drug-likeness (QED) is 0.487. The number of carbonyl (C=O) groups is 1. The highest BCUT2D eigenvalue weighted by Crippen LogP contribution is 2.27. The molecule has 0 amide bonds. The van der Waals surface area contributed by atoms with Gasteiger partial charge in [0, 0.05) is 5.69 Å². The topological polar surface area (TPSA) is 136 Å². The summed E-state index contributed by atoms with van der Waals surface area (Å²) in [6.07, 6.45) is 0. The summed E-state index contributed by atoms with van der Waals surface area (Å²) < 4.78 is 62.4. The maximum atomic E-state index is 12.7. The first-order valence-electron chi connectivity index (χ1n) is 8.66. The molecule has 0 spiro atoms. The van der Waals surface area contributed by atoms with Gasteiger partial charge in [0.25, 0.3) is 10.0 Å². The number of hydrogen-bond donors (Lipinski definition) is 2. The minimum absolute atomic E-state index is 0.177. The molecule has 0 aliphatic carbocycles. The second-order valence-electron chi connectivity index (χ2n) is 6.15. The van der Waals surface area contributed by atoms with Crippen LogP contribution in [0.15, 0.2) is 82.6 Å². The summed E-state index contributed by atoms with van der Waals surface area (Å²) in [5.74, 6) is -1.54. The molecule has 0 aromatic heterocycles. The van der Waals surface area contributed by atoms with E-state index in [1.807, 2.05) is 0 Å². The second kappa shape index (κ2) is 8.66. The molecule has 0 aliphatic rings. The number of methoxy groups -OCH3 is 1. The molecule has 2 N–H and O–H groups in total. The van der Waals surface area contributed by atoms with Crippen molar-refractivity contribution in [3.05, 3.63) is 78.4 Å². The Morgan fingerprint density at radius 2 is 1.52 bits per heavy atom. The lowest BCUT2D eigenvalue weighted by atomic mass is 10.2. The third-order valence-corrected chi connectivity index (χ3v) is 6.69. The third kappa shape index (κ3) is 5.13. The SMILES string of the molecule is COc1ccc(NS(=O)(=O)c2ccc(OS(=O)(=O)c3ccccc3)c(C(=O)O)c2)cc1. The number of carboxylic acids is 1. The van der Waals surface area contributed by atoms with Crippen LogP contribution in [0.25, 0.3) is 0 Å². The molecule has 3 aromatic carbocycles. The van der Waals surface area contributed by atoms with Crippen LogP contribution in [-0.2, 0) is 20.1 Å². The van der Waals surface area contributed by atoms with Crippen LogP contribution in [0.4, 0.5) is 5.69 Å². The van der Waals surface area contributed by atoms with E-state index in [-0.39, 0.29) is 15.5 Å². The molecule has 0 bridgehead atoms. The Morgan fingerprint density at radius 1 is 0.871 bits per heavy atom. The smallest absolute Gasteiger partial charge is 0.339 e. The van der Waals surface area contributed by atoms with Crippen molar-refractivity contribution in [1.29, 1.82) is 0 Å². The molecular weight excluding hydrogens is 446 g/mol. The summed E-state index contributed by atoms with van der Waals surface area (Å²) in [4.78, 5) is 11.1. The summed E-state index contributed by atoms with van der Waals surface area (Å²) in [7, 11) is -7.01. The molecule has 0 aliphatic heterocycles. The van der Waals surface area contributed by atoms with Crippen LogP contribution in [0.2, 0.25) is 0 Å². The van der Waals surface area contributed by atoms with Crippen molar-refractivity contribution < 1.29 is 35.7 Å². The van der Waals surface area contributed by atoms with Crippen LogP contribution in [0.1, 0.15) is 10.4 Å². The van der Waals surface area contributed by atoms with E-state index in [0.717, 1.165) is 18.2 Å². The van der Waals surface area contributed by atoms with Crippen molar-refractivity contribution in [2.75, 3.05) is 11.8 Å². The highest BCUT2D eigenvalue weighted by atomic mass is 32.2. The van der Waals surface area contributed by atoms with E-state index in [1.165, 1.54) is 43.5 Å². The van der Waals surface area contributed by atoms with Crippen molar-refractivity contribution in [1.82, 2.24) is 0 Å². The summed E-state index contributed by atoms with van der Waals surface area (Å²) in [5, 5.41) is 9.47. The predicted octanol–water partition coefficient (Wildman–Crippen LogP) is 2.96. The Labute approximate surface area is 179 Å². The average molecular weight is 463 g/mol. The van der Waals surface area contributed by atoms with Gasteiger partial charge in [-0.1, -0.05) is 18.2 Å². The normalized spacial score (nSPS) is 11.5. The fourth-order valence-electron chi connectivity index (χ4n) is 2.54. The molecule has 31 heavy (non-hydrogen) atoms. The highest BCUT2D eigenvalue weighted by Gasteiger charge is 2.24. The standard InChI is InChI=1S/C20H17NO8S2/c1-28-15-9-7-14(8-10-15)21-30(24,25)17-11-12-19(18(13-17)20(22)23)29-31(26,27)16-5-3-2-4-6-16/h2-13,21H,1H3,(H,22,23). The summed E-state index contributed by atoms with van der Waals surface area (Å²) in [6, 6.07) is 16.0. The second-order valence-corrected chi connectivity index (χ2v) is 9.38. The molecule has 3 rings (SSSR count). The Kier molecular flexibility index (Phi) is 6.18. The van der Waals surface area contributed by atoms with E-state index in [9.17, 15) is 26.7 Å². The monoisotopic (exact) mass is 463 g/mol. The van der Waals surface area contributed by atoms with E-state index in [0.29, 0.717) is 5.75 Å². The Hall–Kier alpha value is -3.57. The maximum absolute atomic E-state index is 12.7. The molecule has 0 saturated carbocycles. The zero-order chi connectivity index (χ0) is 22.6. The molecule has 0 radical (unpaired) electrons. The molecule has 0 fully saturated rings. The maximum Gasteiger partial charge on any atom is 0.339 e. The molecule has 11 heteroatoms. The molecule has 0 atom stereocenters. The van der Waals surface area contributed by atoms with Gasteiger partial charge in [-0.25, -0.2) is 13.2 Å². The zero-order valence-corrected chi connectivity index (χ0v) is 17.7. The van der Waals surface area contributed by atoms with Gasteiger partial charge in [0.15, 0.2) is 5.75 Å². The number of sulfonamides is 1. The van der Waals surface area contributed by atoms with E-state index < -0.39 is 37.4 Å². The van der Waals surface area contributed by atoms with Gasteiger partial charge in [0.1, 0.15) is 16.2 Å². The van der Waals surface area contributed by atoms with Crippen molar-refractivity contribution in [2.24, 2.45) is 0 Å². The Balaban J connectivity index is 1.93. The van der Waals surface area contributed by atoms with Gasteiger partial charge in [0.05, 0.1) is 12.0 Å². The molecular formula is C20H17NO8S2. The predicted molar refractivity (Wildman–Crippen MR) is 111 cm³/mol. The summed E-state index contributed by atoms with van der Waals surface area (Å²) in [6.45, 7) is 0. The highest BCUT2D eigenvalue weighted by molar-refractivity contribution is 7.92. The lowest BCUT2D eigenvalue weighted by molar-refractivity contribution is 0.0695. The van der Waals surface area contributed by atoms with Gasteiger partial charge < -0.3 is 14.0 Å². The average Bonchev–Trinajstić information content (AvgIpc) is 2.74. The number of hydrogen-bond acceptors (Lipinski definition) is 7. The molecule has 3 aromatic rings. The van der Waals surface area contributed by atoms with E-state index in [1.54, 1.807) is 18.2 Å². The van der Waals surface area contributed by atoms with Gasteiger partial charge in [-0.05, 0) is 54.6 Å². The lowest BCUT2D eigenvalue weighted by Crippen LogP contribution is -2.16. The van der Waals surface area contributed by atoms with E-state index >= 15 is 0 Å². The van der Waals surface area contributed by atoms with Crippen LogP contribution >= 0.6 is 0 Å². The van der Waals surface area contributed by atoms with E-state index in [2.05, 4.69) is 4.72 Å². The van der Waals surface area contributed by atoms with Crippen molar-refractivity contribution in [3.8, 4) is 11.5 Å². The first-order valence-corrected chi connectivity index (χ1v) is 11.6. The minimum Gasteiger partial charge on any atom is -0.497 e. The van der Waals surface area contributed by atoms with E-state index in [4.69, 9.17) is 8.92 Å². The van der Waals surface area contributed by atoms with Gasteiger partial charge >= 0.3 is 16.1 Å².